The fraction of sp³-hybridized carbons (Fsp3) is 0.200. The van der Waals surface area contributed by atoms with Gasteiger partial charge >= 0.3 is 0 Å². The van der Waals surface area contributed by atoms with Gasteiger partial charge in [-0.15, -0.1) is 5.10 Å². The Morgan fingerprint density at radius 2 is 1.96 bits per heavy atom. The van der Waals surface area contributed by atoms with Crippen LogP contribution < -0.4 is 10.6 Å². The third kappa shape index (κ3) is 3.48. The SMILES string of the molecule is Cc1ccc(-c2nc3n(n2)[C@H](C(=O)Nc2ccc(C)c(Cl)c2)CC(=O)N3)cc1. The smallest absolute Gasteiger partial charge is 0.249 e. The van der Waals surface area contributed by atoms with Crippen LogP contribution in [-0.2, 0) is 9.59 Å². The molecule has 2 aromatic carbocycles. The summed E-state index contributed by atoms with van der Waals surface area (Å²) in [6.45, 7) is 3.88. The van der Waals surface area contributed by atoms with Gasteiger partial charge in [-0.1, -0.05) is 47.5 Å². The number of benzene rings is 2. The molecular formula is C20H18ClN5O2. The van der Waals surface area contributed by atoms with E-state index in [1.807, 2.05) is 44.2 Å². The van der Waals surface area contributed by atoms with Gasteiger partial charge in [-0.05, 0) is 31.5 Å². The summed E-state index contributed by atoms with van der Waals surface area (Å²) in [4.78, 5) is 29.3. The van der Waals surface area contributed by atoms with Gasteiger partial charge in [-0.2, -0.15) is 4.98 Å². The van der Waals surface area contributed by atoms with Crippen LogP contribution in [-0.4, -0.2) is 26.6 Å². The number of anilines is 2. The largest absolute Gasteiger partial charge is 0.324 e. The third-order valence-electron chi connectivity index (χ3n) is 4.61. The fourth-order valence-corrected chi connectivity index (χ4v) is 3.17. The van der Waals surface area contributed by atoms with Crippen LogP contribution in [0.3, 0.4) is 0 Å². The number of aromatic nitrogens is 3. The molecule has 0 saturated heterocycles. The molecule has 1 aliphatic heterocycles. The standard InChI is InChI=1S/C20H18ClN5O2/c1-11-3-6-13(7-4-11)18-24-20-23-17(27)10-16(26(20)25-18)19(28)22-14-8-5-12(2)15(21)9-14/h3-9,16H,10H2,1-2H3,(H,22,28)(H,23,24,25,27)/t16-/m0/s1. The molecule has 0 radical (unpaired) electrons. The topological polar surface area (TPSA) is 88.9 Å². The summed E-state index contributed by atoms with van der Waals surface area (Å²) in [6.07, 6.45) is -0.0187. The van der Waals surface area contributed by atoms with Gasteiger partial charge in [0.2, 0.25) is 17.8 Å². The van der Waals surface area contributed by atoms with Crippen LogP contribution in [0.4, 0.5) is 11.6 Å². The van der Waals surface area contributed by atoms with Crippen LogP contribution in [0, 0.1) is 13.8 Å². The molecule has 1 atom stereocenters. The molecule has 1 aromatic heterocycles. The molecule has 2 N–H and O–H groups in total. The van der Waals surface area contributed by atoms with E-state index < -0.39 is 6.04 Å². The molecule has 0 unspecified atom stereocenters. The van der Waals surface area contributed by atoms with Crippen LogP contribution in [0.15, 0.2) is 42.5 Å². The number of rotatable bonds is 3. The Labute approximate surface area is 166 Å². The van der Waals surface area contributed by atoms with Crippen molar-refractivity contribution >= 4 is 35.1 Å². The molecule has 2 heterocycles. The van der Waals surface area contributed by atoms with E-state index in [0.29, 0.717) is 16.5 Å². The van der Waals surface area contributed by atoms with Gasteiger partial charge in [0.15, 0.2) is 5.82 Å². The van der Waals surface area contributed by atoms with E-state index in [-0.39, 0.29) is 24.2 Å². The maximum absolute atomic E-state index is 12.8. The second-order valence-corrected chi connectivity index (χ2v) is 7.20. The van der Waals surface area contributed by atoms with Gasteiger partial charge in [0.1, 0.15) is 6.04 Å². The molecule has 28 heavy (non-hydrogen) atoms. The minimum Gasteiger partial charge on any atom is -0.324 e. The lowest BCUT2D eigenvalue weighted by Crippen LogP contribution is -2.36. The minimum atomic E-state index is -0.796. The first-order valence-corrected chi connectivity index (χ1v) is 9.19. The van der Waals surface area contributed by atoms with Gasteiger partial charge in [0.05, 0.1) is 6.42 Å². The monoisotopic (exact) mass is 395 g/mol. The van der Waals surface area contributed by atoms with Gasteiger partial charge in [0.25, 0.3) is 0 Å². The molecule has 0 spiro atoms. The number of hydrogen-bond acceptors (Lipinski definition) is 4. The van der Waals surface area contributed by atoms with Crippen LogP contribution in [0.5, 0.6) is 0 Å². The van der Waals surface area contributed by atoms with E-state index in [1.165, 1.54) is 4.68 Å². The predicted octanol–water partition coefficient (Wildman–Crippen LogP) is 3.74. The summed E-state index contributed by atoms with van der Waals surface area (Å²) in [5, 5.41) is 10.5. The second kappa shape index (κ2) is 7.09. The van der Waals surface area contributed by atoms with E-state index in [0.717, 1.165) is 16.7 Å². The summed E-state index contributed by atoms with van der Waals surface area (Å²) >= 11 is 6.13. The van der Waals surface area contributed by atoms with Crippen LogP contribution >= 0.6 is 11.6 Å². The zero-order valence-electron chi connectivity index (χ0n) is 15.4. The lowest BCUT2D eigenvalue weighted by Gasteiger charge is -2.22. The zero-order valence-corrected chi connectivity index (χ0v) is 16.1. The van der Waals surface area contributed by atoms with Crippen molar-refractivity contribution in [1.29, 1.82) is 0 Å². The van der Waals surface area contributed by atoms with Crippen LogP contribution in [0.25, 0.3) is 11.4 Å². The maximum Gasteiger partial charge on any atom is 0.249 e. The number of aryl methyl sites for hydroxylation is 2. The molecule has 2 amide bonds. The number of hydrogen-bond donors (Lipinski definition) is 2. The van der Waals surface area contributed by atoms with Crippen molar-refractivity contribution in [3.8, 4) is 11.4 Å². The molecular weight excluding hydrogens is 378 g/mol. The van der Waals surface area contributed by atoms with Crippen molar-refractivity contribution in [3.63, 3.8) is 0 Å². The van der Waals surface area contributed by atoms with Crippen molar-refractivity contribution in [2.45, 2.75) is 26.3 Å². The molecule has 0 saturated carbocycles. The molecule has 1 aliphatic rings. The highest BCUT2D eigenvalue weighted by Gasteiger charge is 2.33. The zero-order chi connectivity index (χ0) is 19.8. The van der Waals surface area contributed by atoms with E-state index in [1.54, 1.807) is 12.1 Å². The third-order valence-corrected chi connectivity index (χ3v) is 5.02. The van der Waals surface area contributed by atoms with Gasteiger partial charge in [-0.3, -0.25) is 14.9 Å². The number of carbonyl (C=O) groups is 2. The molecule has 0 fully saturated rings. The molecule has 7 nitrogen and oxygen atoms in total. The first kappa shape index (κ1) is 18.2. The Balaban J connectivity index is 1.63. The number of fused-ring (bicyclic) bond motifs is 1. The Bertz CT molecular complexity index is 1070. The van der Waals surface area contributed by atoms with Gasteiger partial charge in [-0.25, -0.2) is 4.68 Å². The van der Waals surface area contributed by atoms with Crippen LogP contribution in [0.2, 0.25) is 5.02 Å². The Hall–Kier alpha value is -3.19. The Morgan fingerprint density at radius 3 is 2.68 bits per heavy atom. The van der Waals surface area contributed by atoms with Crippen molar-refractivity contribution in [1.82, 2.24) is 14.8 Å². The number of amides is 2. The van der Waals surface area contributed by atoms with Crippen molar-refractivity contribution in [3.05, 3.63) is 58.6 Å². The summed E-state index contributed by atoms with van der Waals surface area (Å²) < 4.78 is 1.46. The maximum atomic E-state index is 12.8. The van der Waals surface area contributed by atoms with Crippen molar-refractivity contribution in [2.24, 2.45) is 0 Å². The number of halogens is 1. The molecule has 8 heteroatoms. The number of nitrogens with one attached hydrogen (secondary N) is 2. The van der Waals surface area contributed by atoms with E-state index in [2.05, 4.69) is 20.7 Å². The summed E-state index contributed by atoms with van der Waals surface area (Å²) in [5.41, 5.74) is 3.41. The van der Waals surface area contributed by atoms with Gasteiger partial charge in [0, 0.05) is 16.3 Å². The highest BCUT2D eigenvalue weighted by Crippen LogP contribution is 2.28. The minimum absolute atomic E-state index is 0.0187. The molecule has 142 valence electrons. The Morgan fingerprint density at radius 1 is 1.21 bits per heavy atom. The second-order valence-electron chi connectivity index (χ2n) is 6.79. The highest BCUT2D eigenvalue weighted by atomic mass is 35.5. The Kier molecular flexibility index (Phi) is 4.60. The van der Waals surface area contributed by atoms with E-state index in [4.69, 9.17) is 11.6 Å². The highest BCUT2D eigenvalue weighted by molar-refractivity contribution is 6.31. The quantitative estimate of drug-likeness (QED) is 0.707. The summed E-state index contributed by atoms with van der Waals surface area (Å²) in [5.74, 6) is 0.0797. The van der Waals surface area contributed by atoms with E-state index in [9.17, 15) is 9.59 Å². The van der Waals surface area contributed by atoms with Crippen molar-refractivity contribution in [2.75, 3.05) is 10.6 Å². The van der Waals surface area contributed by atoms with Gasteiger partial charge < -0.3 is 5.32 Å². The summed E-state index contributed by atoms with van der Waals surface area (Å²) in [7, 11) is 0. The van der Waals surface area contributed by atoms with E-state index >= 15 is 0 Å². The molecule has 0 aliphatic carbocycles. The average molecular weight is 396 g/mol. The number of nitrogens with zero attached hydrogens (tertiary/aromatic N) is 3. The molecule has 4 rings (SSSR count). The first-order valence-electron chi connectivity index (χ1n) is 8.81. The fourth-order valence-electron chi connectivity index (χ4n) is 2.99. The normalized spacial score (nSPS) is 15.7. The lowest BCUT2D eigenvalue weighted by molar-refractivity contribution is -0.125. The first-order chi connectivity index (χ1) is 13.4. The molecule has 3 aromatic rings. The lowest BCUT2D eigenvalue weighted by atomic mass is 10.1. The summed E-state index contributed by atoms with van der Waals surface area (Å²) in [6, 6.07) is 12.2. The predicted molar refractivity (Wildman–Crippen MR) is 107 cm³/mol. The molecule has 0 bridgehead atoms. The number of carbonyl (C=O) groups excluding carboxylic acids is 2. The van der Waals surface area contributed by atoms with Crippen molar-refractivity contribution < 1.29 is 9.59 Å². The average Bonchev–Trinajstić information content (AvgIpc) is 3.08. The van der Waals surface area contributed by atoms with Crippen LogP contribution in [0.1, 0.15) is 23.6 Å².